The number of ether oxygens (including phenoxy) is 1. The molecule has 2 aromatic rings. The first-order chi connectivity index (χ1) is 14.9. The highest BCUT2D eigenvalue weighted by molar-refractivity contribution is 7.11. The molecule has 0 saturated carbocycles. The first kappa shape index (κ1) is 26.6. The standard InChI is InChI=1S/C20H28O2S.C4H4O4/c1-17(15-21)10-11-20-13-12-19(23-20)9-5-6-14-22-16-18-7-3-2-4-8-18;5-3(6)1-2-4(7)8/h2-4,7-8,12-13,17,21H,5-6,9-11,14-16H2,1H3;1-2H,(H,5,6)(H,7,8). The Labute approximate surface area is 187 Å². The van der Waals surface area contributed by atoms with Crippen LogP contribution < -0.4 is 0 Å². The van der Waals surface area contributed by atoms with Gasteiger partial charge in [0.25, 0.3) is 0 Å². The van der Waals surface area contributed by atoms with Gasteiger partial charge in [0, 0.05) is 35.1 Å². The van der Waals surface area contributed by atoms with E-state index >= 15 is 0 Å². The quantitative estimate of drug-likeness (QED) is 0.307. The van der Waals surface area contributed by atoms with Gasteiger partial charge in [-0.15, -0.1) is 11.3 Å². The van der Waals surface area contributed by atoms with Crippen LogP contribution in [0.2, 0.25) is 0 Å². The van der Waals surface area contributed by atoms with Gasteiger partial charge in [-0.1, -0.05) is 37.3 Å². The molecule has 0 spiro atoms. The van der Waals surface area contributed by atoms with E-state index in [0.29, 0.717) is 31.3 Å². The second kappa shape index (κ2) is 16.2. The summed E-state index contributed by atoms with van der Waals surface area (Å²) >= 11 is 1.92. The number of benzene rings is 1. The molecule has 1 aromatic heterocycles. The van der Waals surface area contributed by atoms with Crippen molar-refractivity contribution in [3.8, 4) is 0 Å². The van der Waals surface area contributed by atoms with E-state index in [0.717, 1.165) is 32.3 Å². The first-order valence-corrected chi connectivity index (χ1v) is 11.2. The highest BCUT2D eigenvalue weighted by Crippen LogP contribution is 2.21. The minimum Gasteiger partial charge on any atom is -0.478 e. The Hall–Kier alpha value is -2.48. The largest absolute Gasteiger partial charge is 0.478 e. The van der Waals surface area contributed by atoms with Gasteiger partial charge in [-0.25, -0.2) is 9.59 Å². The molecule has 1 atom stereocenters. The second-order valence-electron chi connectivity index (χ2n) is 7.20. The summed E-state index contributed by atoms with van der Waals surface area (Å²) < 4.78 is 5.72. The van der Waals surface area contributed by atoms with Crippen LogP contribution in [-0.4, -0.2) is 40.5 Å². The van der Waals surface area contributed by atoms with Gasteiger partial charge in [0.2, 0.25) is 0 Å². The summed E-state index contributed by atoms with van der Waals surface area (Å²) in [5, 5.41) is 24.7. The number of rotatable bonds is 13. The zero-order chi connectivity index (χ0) is 22.9. The average Bonchev–Trinajstić information content (AvgIpc) is 3.22. The maximum atomic E-state index is 9.55. The molecule has 1 heterocycles. The lowest BCUT2D eigenvalue weighted by atomic mass is 10.1. The van der Waals surface area contributed by atoms with Crippen molar-refractivity contribution in [3.63, 3.8) is 0 Å². The fourth-order valence-corrected chi connectivity index (χ4v) is 3.66. The normalized spacial score (nSPS) is 11.7. The molecule has 0 amide bonds. The van der Waals surface area contributed by atoms with E-state index < -0.39 is 11.9 Å². The molecule has 1 aromatic carbocycles. The Morgan fingerprint density at radius 1 is 0.968 bits per heavy atom. The van der Waals surface area contributed by atoms with E-state index in [-0.39, 0.29) is 0 Å². The first-order valence-electron chi connectivity index (χ1n) is 10.3. The minimum atomic E-state index is -1.26. The number of aryl methyl sites for hydroxylation is 2. The van der Waals surface area contributed by atoms with Crippen molar-refractivity contribution in [3.05, 3.63) is 69.9 Å². The maximum absolute atomic E-state index is 9.55. The summed E-state index contributed by atoms with van der Waals surface area (Å²) in [6.45, 7) is 3.94. The number of aliphatic carboxylic acids is 2. The van der Waals surface area contributed by atoms with Crippen molar-refractivity contribution in [1.29, 1.82) is 0 Å². The zero-order valence-electron chi connectivity index (χ0n) is 17.9. The second-order valence-corrected chi connectivity index (χ2v) is 8.45. The molecular weight excluding hydrogens is 416 g/mol. The monoisotopic (exact) mass is 448 g/mol. The van der Waals surface area contributed by atoms with Crippen molar-refractivity contribution in [2.24, 2.45) is 5.92 Å². The van der Waals surface area contributed by atoms with Crippen molar-refractivity contribution in [2.45, 2.75) is 45.6 Å². The van der Waals surface area contributed by atoms with Gasteiger partial charge in [0.05, 0.1) is 6.61 Å². The molecule has 0 saturated heterocycles. The Balaban J connectivity index is 0.000000512. The van der Waals surface area contributed by atoms with Crippen LogP contribution in [0.5, 0.6) is 0 Å². The molecule has 0 bridgehead atoms. The number of aliphatic hydroxyl groups excluding tert-OH is 1. The van der Waals surface area contributed by atoms with Crippen molar-refractivity contribution < 1.29 is 29.6 Å². The molecule has 170 valence electrons. The van der Waals surface area contributed by atoms with E-state index in [1.165, 1.54) is 21.7 Å². The van der Waals surface area contributed by atoms with Gasteiger partial charge >= 0.3 is 11.9 Å². The number of thiophene rings is 1. The molecule has 7 heteroatoms. The van der Waals surface area contributed by atoms with Gasteiger partial charge in [-0.05, 0) is 55.7 Å². The Bertz CT molecular complexity index is 768. The molecule has 0 aliphatic rings. The highest BCUT2D eigenvalue weighted by Gasteiger charge is 2.04. The lowest BCUT2D eigenvalue weighted by Gasteiger charge is -2.05. The molecule has 0 aliphatic heterocycles. The van der Waals surface area contributed by atoms with E-state index in [9.17, 15) is 9.59 Å². The topological polar surface area (TPSA) is 104 Å². The van der Waals surface area contributed by atoms with Crippen LogP contribution in [0.4, 0.5) is 0 Å². The van der Waals surface area contributed by atoms with Gasteiger partial charge in [-0.2, -0.15) is 0 Å². The van der Waals surface area contributed by atoms with Crippen LogP contribution in [0.1, 0.15) is 41.5 Å². The Kier molecular flexibility index (Phi) is 13.9. The van der Waals surface area contributed by atoms with Crippen LogP contribution >= 0.6 is 11.3 Å². The van der Waals surface area contributed by atoms with E-state index in [1.54, 1.807) is 0 Å². The SMILES string of the molecule is CC(CO)CCc1ccc(CCCCOCc2ccccc2)s1.O=C(O)C=CC(=O)O. The molecule has 0 fully saturated rings. The van der Waals surface area contributed by atoms with Crippen LogP contribution in [-0.2, 0) is 33.8 Å². The average molecular weight is 449 g/mol. The molecule has 0 aliphatic carbocycles. The highest BCUT2D eigenvalue weighted by atomic mass is 32.1. The predicted octanol–water partition coefficient (Wildman–Crippen LogP) is 4.56. The van der Waals surface area contributed by atoms with Crippen molar-refractivity contribution in [2.75, 3.05) is 13.2 Å². The van der Waals surface area contributed by atoms with E-state index in [2.05, 4.69) is 31.2 Å². The molecule has 2 rings (SSSR count). The smallest absolute Gasteiger partial charge is 0.328 e. The zero-order valence-corrected chi connectivity index (χ0v) is 18.7. The lowest BCUT2D eigenvalue weighted by molar-refractivity contribution is -0.134. The number of carbonyl (C=O) groups is 2. The van der Waals surface area contributed by atoms with Crippen LogP contribution in [0, 0.1) is 5.92 Å². The number of aliphatic hydroxyl groups is 1. The Morgan fingerprint density at radius 3 is 2.16 bits per heavy atom. The third-order valence-electron chi connectivity index (χ3n) is 4.35. The fraction of sp³-hybridized carbons (Fsp3) is 0.417. The molecule has 3 N–H and O–H groups in total. The summed E-state index contributed by atoms with van der Waals surface area (Å²) in [5.74, 6) is -2.11. The fourth-order valence-electron chi connectivity index (χ4n) is 2.58. The minimum absolute atomic E-state index is 0.293. The third kappa shape index (κ3) is 14.2. The molecule has 31 heavy (non-hydrogen) atoms. The summed E-state index contributed by atoms with van der Waals surface area (Å²) in [6.07, 6.45) is 6.72. The summed E-state index contributed by atoms with van der Waals surface area (Å²) in [5.41, 5.74) is 1.24. The van der Waals surface area contributed by atoms with E-state index in [4.69, 9.17) is 20.1 Å². The predicted molar refractivity (Wildman–Crippen MR) is 122 cm³/mol. The van der Waals surface area contributed by atoms with E-state index in [1.807, 2.05) is 29.5 Å². The summed E-state index contributed by atoms with van der Waals surface area (Å²) in [6, 6.07) is 14.8. The van der Waals surface area contributed by atoms with Crippen LogP contribution in [0.15, 0.2) is 54.6 Å². The maximum Gasteiger partial charge on any atom is 0.328 e. The van der Waals surface area contributed by atoms with Gasteiger partial charge in [0.1, 0.15) is 0 Å². The number of hydrogen-bond acceptors (Lipinski definition) is 5. The van der Waals surface area contributed by atoms with Gasteiger partial charge in [0.15, 0.2) is 0 Å². The van der Waals surface area contributed by atoms with Gasteiger partial charge < -0.3 is 20.1 Å². The number of hydrogen-bond donors (Lipinski definition) is 3. The van der Waals surface area contributed by atoms with Crippen molar-refractivity contribution in [1.82, 2.24) is 0 Å². The third-order valence-corrected chi connectivity index (χ3v) is 5.56. The summed E-state index contributed by atoms with van der Waals surface area (Å²) in [4.78, 5) is 22.0. The number of carboxylic acids is 2. The molecule has 6 nitrogen and oxygen atoms in total. The number of unbranched alkanes of at least 4 members (excludes halogenated alkanes) is 1. The molecule has 0 radical (unpaired) electrons. The molecule has 1 unspecified atom stereocenters. The Morgan fingerprint density at radius 2 is 1.58 bits per heavy atom. The number of carboxylic acid groups (broad SMARTS) is 2. The van der Waals surface area contributed by atoms with Gasteiger partial charge in [-0.3, -0.25) is 0 Å². The van der Waals surface area contributed by atoms with Crippen LogP contribution in [0.3, 0.4) is 0 Å². The molecular formula is C24H32O6S. The lowest BCUT2D eigenvalue weighted by Crippen LogP contribution is -2.01. The van der Waals surface area contributed by atoms with Crippen LogP contribution in [0.25, 0.3) is 0 Å². The summed E-state index contributed by atoms with van der Waals surface area (Å²) in [7, 11) is 0. The van der Waals surface area contributed by atoms with Crippen molar-refractivity contribution >= 4 is 23.3 Å².